The van der Waals surface area contributed by atoms with E-state index in [1.165, 1.54) is 6.26 Å². The van der Waals surface area contributed by atoms with E-state index in [1.54, 1.807) is 6.07 Å². The van der Waals surface area contributed by atoms with Gasteiger partial charge in [-0.2, -0.15) is 0 Å². The van der Waals surface area contributed by atoms with Crippen LogP contribution in [0.15, 0.2) is 16.7 Å². The molecule has 90 valence electrons. The van der Waals surface area contributed by atoms with E-state index >= 15 is 0 Å². The minimum Gasteiger partial charge on any atom is -0.475 e. The highest BCUT2D eigenvalue weighted by molar-refractivity contribution is 7.84. The van der Waals surface area contributed by atoms with Gasteiger partial charge in [0, 0.05) is 22.1 Å². The van der Waals surface area contributed by atoms with Gasteiger partial charge in [-0.15, -0.1) is 0 Å². The highest BCUT2D eigenvalue weighted by Gasteiger charge is 2.15. The Morgan fingerprint density at radius 2 is 2.25 bits per heavy atom. The number of carbonyl (C=O) groups is 1. The SMILES string of the molecule is CCCCCS(=O)Cc1ccoc1C(=O)O. The average molecular weight is 244 g/mol. The van der Waals surface area contributed by atoms with E-state index in [2.05, 4.69) is 6.92 Å². The number of furan rings is 1. The first-order chi connectivity index (χ1) is 7.65. The van der Waals surface area contributed by atoms with Crippen LogP contribution in [0, 0.1) is 0 Å². The number of carboxylic acid groups (broad SMARTS) is 1. The smallest absolute Gasteiger partial charge is 0.372 e. The molecule has 1 aromatic rings. The van der Waals surface area contributed by atoms with Crippen LogP contribution in [0.2, 0.25) is 0 Å². The van der Waals surface area contributed by atoms with Crippen LogP contribution in [-0.2, 0) is 16.6 Å². The Balaban J connectivity index is 2.49. The fourth-order valence-corrected chi connectivity index (χ4v) is 2.64. The molecule has 1 atom stereocenters. The largest absolute Gasteiger partial charge is 0.475 e. The van der Waals surface area contributed by atoms with Crippen LogP contribution >= 0.6 is 0 Å². The van der Waals surface area contributed by atoms with Crippen LogP contribution in [-0.4, -0.2) is 21.0 Å². The van der Waals surface area contributed by atoms with Crippen LogP contribution in [0.25, 0.3) is 0 Å². The lowest BCUT2D eigenvalue weighted by atomic mass is 10.3. The third-order valence-electron chi connectivity index (χ3n) is 2.23. The molecule has 0 saturated heterocycles. The molecule has 0 aliphatic carbocycles. The van der Waals surface area contributed by atoms with Crippen molar-refractivity contribution in [1.82, 2.24) is 0 Å². The highest BCUT2D eigenvalue weighted by Crippen LogP contribution is 2.13. The van der Waals surface area contributed by atoms with E-state index in [9.17, 15) is 9.00 Å². The first-order valence-electron chi connectivity index (χ1n) is 5.29. The molecule has 0 aliphatic rings. The zero-order valence-electron chi connectivity index (χ0n) is 9.27. The molecule has 4 nitrogen and oxygen atoms in total. The molecule has 0 fully saturated rings. The Bertz CT molecular complexity index is 370. The van der Waals surface area contributed by atoms with Crippen molar-refractivity contribution >= 4 is 16.8 Å². The molecular weight excluding hydrogens is 228 g/mol. The number of hydrogen-bond acceptors (Lipinski definition) is 3. The van der Waals surface area contributed by atoms with Crippen molar-refractivity contribution in [1.29, 1.82) is 0 Å². The van der Waals surface area contributed by atoms with Gasteiger partial charge in [0.15, 0.2) is 0 Å². The zero-order chi connectivity index (χ0) is 12.0. The monoisotopic (exact) mass is 244 g/mol. The van der Waals surface area contributed by atoms with Crippen molar-refractivity contribution < 1.29 is 18.5 Å². The van der Waals surface area contributed by atoms with Gasteiger partial charge in [-0.3, -0.25) is 4.21 Å². The van der Waals surface area contributed by atoms with Gasteiger partial charge in [0.1, 0.15) is 0 Å². The molecule has 0 bridgehead atoms. The van der Waals surface area contributed by atoms with Crippen LogP contribution in [0.4, 0.5) is 0 Å². The Kier molecular flexibility index (Phi) is 5.25. The predicted molar refractivity (Wildman–Crippen MR) is 61.9 cm³/mol. The Hall–Kier alpha value is -1.10. The van der Waals surface area contributed by atoms with Gasteiger partial charge >= 0.3 is 5.97 Å². The van der Waals surface area contributed by atoms with E-state index in [0.29, 0.717) is 11.3 Å². The molecule has 0 amide bonds. The number of carboxylic acids is 1. The summed E-state index contributed by atoms with van der Waals surface area (Å²) in [6.45, 7) is 2.08. The van der Waals surface area contributed by atoms with E-state index in [0.717, 1.165) is 19.3 Å². The molecule has 0 spiro atoms. The molecule has 5 heteroatoms. The summed E-state index contributed by atoms with van der Waals surface area (Å²) in [4.78, 5) is 10.7. The summed E-state index contributed by atoms with van der Waals surface area (Å²) < 4.78 is 16.5. The van der Waals surface area contributed by atoms with Gasteiger partial charge < -0.3 is 9.52 Å². The summed E-state index contributed by atoms with van der Waals surface area (Å²) in [5.74, 6) is -0.311. The minimum absolute atomic E-state index is 0.0937. The van der Waals surface area contributed by atoms with Crippen LogP contribution in [0.3, 0.4) is 0 Å². The summed E-state index contributed by atoms with van der Waals surface area (Å²) in [5.41, 5.74) is 0.516. The summed E-state index contributed by atoms with van der Waals surface area (Å²) in [6, 6.07) is 1.57. The maximum atomic E-state index is 11.6. The van der Waals surface area contributed by atoms with E-state index in [1.807, 2.05) is 0 Å². The van der Waals surface area contributed by atoms with Crippen LogP contribution in [0.5, 0.6) is 0 Å². The second-order valence-electron chi connectivity index (χ2n) is 3.58. The van der Waals surface area contributed by atoms with E-state index < -0.39 is 16.8 Å². The molecule has 1 heterocycles. The predicted octanol–water partition coefficient (Wildman–Crippen LogP) is 2.42. The average Bonchev–Trinajstić information content (AvgIpc) is 2.66. The second-order valence-corrected chi connectivity index (χ2v) is 5.15. The van der Waals surface area contributed by atoms with E-state index in [4.69, 9.17) is 9.52 Å². The van der Waals surface area contributed by atoms with E-state index in [-0.39, 0.29) is 11.5 Å². The maximum Gasteiger partial charge on any atom is 0.372 e. The highest BCUT2D eigenvalue weighted by atomic mass is 32.2. The topological polar surface area (TPSA) is 67.5 Å². The zero-order valence-corrected chi connectivity index (χ0v) is 10.1. The number of hydrogen-bond donors (Lipinski definition) is 1. The molecule has 1 unspecified atom stereocenters. The van der Waals surface area contributed by atoms with Gasteiger partial charge in [-0.05, 0) is 12.5 Å². The molecule has 1 aromatic heterocycles. The lowest BCUT2D eigenvalue weighted by Crippen LogP contribution is -2.05. The fraction of sp³-hybridized carbons (Fsp3) is 0.545. The maximum absolute atomic E-state index is 11.6. The van der Waals surface area contributed by atoms with Gasteiger partial charge in [0.05, 0.1) is 12.0 Å². The molecule has 1 rings (SSSR count). The van der Waals surface area contributed by atoms with Crippen LogP contribution < -0.4 is 0 Å². The molecule has 16 heavy (non-hydrogen) atoms. The number of aromatic carboxylic acids is 1. The molecule has 0 aliphatic heterocycles. The first kappa shape index (κ1) is 13.0. The Morgan fingerprint density at radius 1 is 1.50 bits per heavy atom. The van der Waals surface area contributed by atoms with Gasteiger partial charge in [0.2, 0.25) is 5.76 Å². The second kappa shape index (κ2) is 6.48. The number of unbranched alkanes of at least 4 members (excludes halogenated alkanes) is 2. The van der Waals surface area contributed by atoms with Crippen molar-refractivity contribution in [3.8, 4) is 0 Å². The summed E-state index contributed by atoms with van der Waals surface area (Å²) in [6.07, 6.45) is 4.39. The van der Waals surface area contributed by atoms with Crippen molar-refractivity contribution in [3.63, 3.8) is 0 Å². The van der Waals surface area contributed by atoms with Crippen molar-refractivity contribution in [2.75, 3.05) is 5.75 Å². The molecule has 0 aromatic carbocycles. The first-order valence-corrected chi connectivity index (χ1v) is 6.78. The minimum atomic E-state index is -1.11. The summed E-state index contributed by atoms with van der Waals surface area (Å²) >= 11 is 0. The molecular formula is C11H16O4S. The Morgan fingerprint density at radius 3 is 2.88 bits per heavy atom. The van der Waals surface area contributed by atoms with Gasteiger partial charge in [-0.1, -0.05) is 19.8 Å². The standard InChI is InChI=1S/C11H16O4S/c1-2-3-4-7-16(14)8-9-5-6-15-10(9)11(12)13/h5-6H,2-4,7-8H2,1H3,(H,12,13). The normalized spacial score (nSPS) is 12.6. The lowest BCUT2D eigenvalue weighted by Gasteiger charge is -2.00. The quantitative estimate of drug-likeness (QED) is 0.748. The van der Waals surface area contributed by atoms with Crippen molar-refractivity contribution in [3.05, 3.63) is 23.7 Å². The van der Waals surface area contributed by atoms with Gasteiger partial charge in [0.25, 0.3) is 0 Å². The number of rotatable bonds is 7. The summed E-state index contributed by atoms with van der Waals surface area (Å²) in [7, 11) is -1.00. The molecule has 0 radical (unpaired) electrons. The molecule has 1 N–H and O–H groups in total. The van der Waals surface area contributed by atoms with Gasteiger partial charge in [-0.25, -0.2) is 4.79 Å². The lowest BCUT2D eigenvalue weighted by molar-refractivity contribution is 0.0661. The third-order valence-corrected chi connectivity index (χ3v) is 3.61. The van der Waals surface area contributed by atoms with Crippen molar-refractivity contribution in [2.45, 2.75) is 31.9 Å². The van der Waals surface area contributed by atoms with Crippen molar-refractivity contribution in [2.24, 2.45) is 0 Å². The third kappa shape index (κ3) is 3.81. The fourth-order valence-electron chi connectivity index (χ4n) is 1.40. The summed E-state index contributed by atoms with van der Waals surface area (Å²) in [5, 5.41) is 8.79. The van der Waals surface area contributed by atoms with Crippen LogP contribution in [0.1, 0.15) is 42.3 Å². The molecule has 0 saturated carbocycles. The Labute approximate surface area is 97.1 Å².